The van der Waals surface area contributed by atoms with Crippen LogP contribution in [0.25, 0.3) is 10.1 Å². The Morgan fingerprint density at radius 3 is 2.85 bits per heavy atom. The quantitative estimate of drug-likeness (QED) is 0.835. The number of aliphatic hydroxyl groups is 1. The zero-order chi connectivity index (χ0) is 9.42. The number of benzene rings is 1. The highest BCUT2D eigenvalue weighted by atomic mass is 79.9. The Bertz CT molecular complexity index is 413. The first kappa shape index (κ1) is 9.12. The number of halogens is 2. The monoisotopic (exact) mass is 260 g/mol. The van der Waals surface area contributed by atoms with Crippen molar-refractivity contribution in [3.63, 3.8) is 0 Å². The van der Waals surface area contributed by atoms with E-state index in [4.69, 9.17) is 5.11 Å². The van der Waals surface area contributed by atoms with E-state index in [0.29, 0.717) is 4.47 Å². The SMILES string of the molecule is OCc1cc2cc(F)c(Br)cc2s1. The zero-order valence-electron chi connectivity index (χ0n) is 6.55. The Balaban J connectivity index is 2.70. The van der Waals surface area contributed by atoms with E-state index in [0.717, 1.165) is 15.0 Å². The van der Waals surface area contributed by atoms with Crippen LogP contribution in [0.1, 0.15) is 4.88 Å². The van der Waals surface area contributed by atoms with Crippen molar-refractivity contribution in [2.45, 2.75) is 6.61 Å². The standard InChI is InChI=1S/C9H6BrFOS/c10-7-3-9-5(2-8(7)11)1-6(4-12)13-9/h1-3,12H,4H2. The summed E-state index contributed by atoms with van der Waals surface area (Å²) in [5, 5.41) is 9.72. The summed E-state index contributed by atoms with van der Waals surface area (Å²) >= 11 is 4.59. The number of fused-ring (bicyclic) bond motifs is 1. The lowest BCUT2D eigenvalue weighted by molar-refractivity contribution is 0.285. The lowest BCUT2D eigenvalue weighted by Gasteiger charge is -1.92. The van der Waals surface area contributed by atoms with Crippen LogP contribution in [0, 0.1) is 5.82 Å². The second-order valence-electron chi connectivity index (χ2n) is 2.67. The number of rotatable bonds is 1. The number of hydrogen-bond donors (Lipinski definition) is 1. The van der Waals surface area contributed by atoms with Crippen molar-refractivity contribution in [2.24, 2.45) is 0 Å². The third-order valence-electron chi connectivity index (χ3n) is 1.77. The van der Waals surface area contributed by atoms with Gasteiger partial charge in [-0.3, -0.25) is 0 Å². The fraction of sp³-hybridized carbons (Fsp3) is 0.111. The van der Waals surface area contributed by atoms with Gasteiger partial charge in [-0.2, -0.15) is 0 Å². The molecular formula is C9H6BrFOS. The Morgan fingerprint density at radius 1 is 1.38 bits per heavy atom. The van der Waals surface area contributed by atoms with Gasteiger partial charge < -0.3 is 5.11 Å². The van der Waals surface area contributed by atoms with Crippen LogP contribution in [0.4, 0.5) is 4.39 Å². The highest BCUT2D eigenvalue weighted by molar-refractivity contribution is 9.10. The lowest BCUT2D eigenvalue weighted by atomic mass is 10.2. The number of thiophene rings is 1. The van der Waals surface area contributed by atoms with E-state index in [-0.39, 0.29) is 12.4 Å². The van der Waals surface area contributed by atoms with Crippen LogP contribution in [-0.2, 0) is 6.61 Å². The summed E-state index contributed by atoms with van der Waals surface area (Å²) in [6, 6.07) is 5.00. The Hall–Kier alpha value is -0.450. The summed E-state index contributed by atoms with van der Waals surface area (Å²) in [4.78, 5) is 0.854. The van der Waals surface area contributed by atoms with Crippen LogP contribution in [0.2, 0.25) is 0 Å². The van der Waals surface area contributed by atoms with Gasteiger partial charge in [-0.15, -0.1) is 11.3 Å². The third kappa shape index (κ3) is 1.61. The van der Waals surface area contributed by atoms with Gasteiger partial charge in [-0.25, -0.2) is 4.39 Å². The molecule has 1 aromatic heterocycles. The second-order valence-corrected chi connectivity index (χ2v) is 4.70. The topological polar surface area (TPSA) is 20.2 Å². The van der Waals surface area contributed by atoms with Gasteiger partial charge in [0, 0.05) is 9.58 Å². The summed E-state index contributed by atoms with van der Waals surface area (Å²) in [6.45, 7) is 0.0125. The molecule has 68 valence electrons. The van der Waals surface area contributed by atoms with Crippen molar-refractivity contribution in [3.05, 3.63) is 33.4 Å². The van der Waals surface area contributed by atoms with Crippen LogP contribution in [0.15, 0.2) is 22.7 Å². The fourth-order valence-corrected chi connectivity index (χ4v) is 2.61. The predicted octanol–water partition coefficient (Wildman–Crippen LogP) is 3.30. The molecule has 1 aromatic carbocycles. The van der Waals surface area contributed by atoms with Crippen LogP contribution < -0.4 is 0 Å². The maximum absolute atomic E-state index is 13.1. The molecule has 0 saturated carbocycles. The van der Waals surface area contributed by atoms with Gasteiger partial charge in [-0.05, 0) is 39.5 Å². The minimum Gasteiger partial charge on any atom is -0.391 e. The average molecular weight is 261 g/mol. The Kier molecular flexibility index (Phi) is 2.36. The largest absolute Gasteiger partial charge is 0.391 e. The molecule has 1 nitrogen and oxygen atoms in total. The fourth-order valence-electron chi connectivity index (χ4n) is 1.17. The van der Waals surface area contributed by atoms with Crippen molar-refractivity contribution in [1.82, 2.24) is 0 Å². The van der Waals surface area contributed by atoms with Crippen LogP contribution in [0.3, 0.4) is 0 Å². The molecule has 0 fully saturated rings. The van der Waals surface area contributed by atoms with Crippen molar-refractivity contribution in [2.75, 3.05) is 0 Å². The molecule has 2 aromatic rings. The first-order valence-corrected chi connectivity index (χ1v) is 5.30. The molecule has 4 heteroatoms. The number of aliphatic hydroxyl groups excluding tert-OH is 1. The molecule has 0 unspecified atom stereocenters. The molecule has 0 saturated heterocycles. The van der Waals surface area contributed by atoms with E-state index in [9.17, 15) is 4.39 Å². The summed E-state index contributed by atoms with van der Waals surface area (Å²) in [5.74, 6) is -0.269. The van der Waals surface area contributed by atoms with Crippen LogP contribution in [-0.4, -0.2) is 5.11 Å². The lowest BCUT2D eigenvalue weighted by Crippen LogP contribution is -1.74. The normalized spacial score (nSPS) is 11.0. The summed E-state index contributed by atoms with van der Waals surface area (Å²) < 4.78 is 14.5. The molecule has 0 spiro atoms. The first-order valence-electron chi connectivity index (χ1n) is 3.69. The highest BCUT2D eigenvalue weighted by Crippen LogP contribution is 2.30. The minimum atomic E-state index is -0.269. The maximum Gasteiger partial charge on any atom is 0.138 e. The van der Waals surface area contributed by atoms with Gasteiger partial charge in [0.05, 0.1) is 11.1 Å². The molecule has 1 N–H and O–H groups in total. The molecule has 13 heavy (non-hydrogen) atoms. The zero-order valence-corrected chi connectivity index (χ0v) is 8.95. The average Bonchev–Trinajstić information content (AvgIpc) is 2.48. The van der Waals surface area contributed by atoms with E-state index in [1.807, 2.05) is 0 Å². The Morgan fingerprint density at radius 2 is 2.15 bits per heavy atom. The summed E-state index contributed by atoms with van der Waals surface area (Å²) in [6.07, 6.45) is 0. The van der Waals surface area contributed by atoms with Gasteiger partial charge >= 0.3 is 0 Å². The molecule has 0 bridgehead atoms. The third-order valence-corrected chi connectivity index (χ3v) is 3.46. The van der Waals surface area contributed by atoms with E-state index in [1.54, 1.807) is 12.1 Å². The highest BCUT2D eigenvalue weighted by Gasteiger charge is 2.05. The molecule has 0 amide bonds. The van der Waals surface area contributed by atoms with Gasteiger partial charge in [0.15, 0.2) is 0 Å². The molecule has 0 aliphatic carbocycles. The van der Waals surface area contributed by atoms with E-state index in [1.165, 1.54) is 17.4 Å². The van der Waals surface area contributed by atoms with Gasteiger partial charge in [0.25, 0.3) is 0 Å². The van der Waals surface area contributed by atoms with Crippen molar-refractivity contribution in [3.8, 4) is 0 Å². The molecule has 0 aliphatic heterocycles. The Labute approximate surface area is 86.9 Å². The van der Waals surface area contributed by atoms with Crippen LogP contribution >= 0.6 is 27.3 Å². The van der Waals surface area contributed by atoms with Crippen molar-refractivity contribution < 1.29 is 9.50 Å². The van der Waals surface area contributed by atoms with Gasteiger partial charge in [0.2, 0.25) is 0 Å². The van der Waals surface area contributed by atoms with Crippen LogP contribution in [0.5, 0.6) is 0 Å². The van der Waals surface area contributed by atoms with E-state index in [2.05, 4.69) is 15.9 Å². The van der Waals surface area contributed by atoms with E-state index >= 15 is 0 Å². The van der Waals surface area contributed by atoms with Crippen molar-refractivity contribution >= 4 is 37.4 Å². The smallest absolute Gasteiger partial charge is 0.138 e. The van der Waals surface area contributed by atoms with Gasteiger partial charge in [-0.1, -0.05) is 0 Å². The van der Waals surface area contributed by atoms with Gasteiger partial charge in [0.1, 0.15) is 5.82 Å². The molecule has 0 atom stereocenters. The molecule has 0 aliphatic rings. The molecule has 0 radical (unpaired) electrons. The summed E-state index contributed by atoms with van der Waals surface area (Å²) in [7, 11) is 0. The number of hydrogen-bond acceptors (Lipinski definition) is 2. The molecule has 2 rings (SSSR count). The molecule has 1 heterocycles. The summed E-state index contributed by atoms with van der Waals surface area (Å²) in [5.41, 5.74) is 0. The first-order chi connectivity index (χ1) is 6.20. The second kappa shape index (κ2) is 3.36. The van der Waals surface area contributed by atoms with E-state index < -0.39 is 0 Å². The predicted molar refractivity (Wildman–Crippen MR) is 55.4 cm³/mol. The minimum absolute atomic E-state index is 0.0125. The molecular weight excluding hydrogens is 255 g/mol. The van der Waals surface area contributed by atoms with Crippen molar-refractivity contribution in [1.29, 1.82) is 0 Å². The maximum atomic E-state index is 13.1.